The summed E-state index contributed by atoms with van der Waals surface area (Å²) in [6.07, 6.45) is 1.46. The van der Waals surface area contributed by atoms with Crippen LogP contribution in [0.4, 0.5) is 0 Å². The second-order valence-electron chi connectivity index (χ2n) is 6.75. The lowest BCUT2D eigenvalue weighted by Crippen LogP contribution is -2.11. The summed E-state index contributed by atoms with van der Waals surface area (Å²) in [7, 11) is 0. The number of hydrogen-bond acceptors (Lipinski definition) is 3. The molecular weight excluding hydrogens is 314 g/mol. The molecule has 0 fully saturated rings. The van der Waals surface area contributed by atoms with E-state index in [1.165, 1.54) is 18.2 Å². The predicted molar refractivity (Wildman–Crippen MR) is 96.5 cm³/mol. The Kier molecular flexibility index (Phi) is 5.19. The third-order valence-corrected chi connectivity index (χ3v) is 3.85. The molecule has 0 amide bonds. The smallest absolute Gasteiger partial charge is 0.335 e. The highest BCUT2D eigenvalue weighted by Gasteiger charge is 2.16. The largest absolute Gasteiger partial charge is 0.478 e. The Morgan fingerprint density at radius 2 is 1.48 bits per heavy atom. The molecule has 0 unspecified atom stereocenters. The highest BCUT2D eigenvalue weighted by Crippen LogP contribution is 2.23. The fourth-order valence-electron chi connectivity index (χ4n) is 2.31. The van der Waals surface area contributed by atoms with Crippen molar-refractivity contribution in [1.82, 2.24) is 0 Å². The van der Waals surface area contributed by atoms with Crippen molar-refractivity contribution in [2.45, 2.75) is 26.2 Å². The Balaban J connectivity index is 2.29. The van der Waals surface area contributed by atoms with Crippen LogP contribution in [0, 0.1) is 11.3 Å². The zero-order valence-corrected chi connectivity index (χ0v) is 14.4. The summed E-state index contributed by atoms with van der Waals surface area (Å²) in [5, 5.41) is 18.2. The second kappa shape index (κ2) is 7.14. The van der Waals surface area contributed by atoms with Gasteiger partial charge in [0, 0.05) is 5.56 Å². The van der Waals surface area contributed by atoms with Crippen LogP contribution < -0.4 is 0 Å². The molecule has 0 aliphatic rings. The van der Waals surface area contributed by atoms with E-state index in [0.717, 1.165) is 5.56 Å². The molecular formula is C21H19NO3. The van der Waals surface area contributed by atoms with Crippen molar-refractivity contribution in [2.75, 3.05) is 0 Å². The average Bonchev–Trinajstić information content (AvgIpc) is 2.59. The van der Waals surface area contributed by atoms with Crippen molar-refractivity contribution in [1.29, 1.82) is 5.26 Å². The monoisotopic (exact) mass is 333 g/mol. The summed E-state index contributed by atoms with van der Waals surface area (Å²) >= 11 is 0. The first-order valence-electron chi connectivity index (χ1n) is 7.83. The van der Waals surface area contributed by atoms with Gasteiger partial charge >= 0.3 is 5.97 Å². The van der Waals surface area contributed by atoms with E-state index < -0.39 is 5.97 Å². The predicted octanol–water partition coefficient (Wildman–Crippen LogP) is 4.47. The Bertz CT molecular complexity index is 861. The normalized spacial score (nSPS) is 11.7. The molecule has 25 heavy (non-hydrogen) atoms. The van der Waals surface area contributed by atoms with E-state index in [2.05, 4.69) is 20.8 Å². The van der Waals surface area contributed by atoms with Crippen LogP contribution in [0.25, 0.3) is 6.08 Å². The molecule has 126 valence electrons. The average molecular weight is 333 g/mol. The van der Waals surface area contributed by atoms with Gasteiger partial charge in [-0.2, -0.15) is 5.26 Å². The number of rotatable bonds is 4. The quantitative estimate of drug-likeness (QED) is 0.508. The fraction of sp³-hybridized carbons (Fsp3) is 0.190. The first-order chi connectivity index (χ1) is 11.7. The van der Waals surface area contributed by atoms with E-state index in [1.54, 1.807) is 24.3 Å². The number of nitrogens with zero attached hydrogens (tertiary/aromatic N) is 1. The van der Waals surface area contributed by atoms with E-state index in [-0.39, 0.29) is 22.3 Å². The van der Waals surface area contributed by atoms with Gasteiger partial charge in [0.25, 0.3) is 0 Å². The minimum atomic E-state index is -1.02. The molecule has 2 rings (SSSR count). The number of carbonyl (C=O) groups is 2. The number of carboxylic acid groups (broad SMARTS) is 1. The number of nitriles is 1. The molecule has 2 aromatic carbocycles. The van der Waals surface area contributed by atoms with Crippen LogP contribution in [0.3, 0.4) is 0 Å². The molecule has 0 atom stereocenters. The van der Waals surface area contributed by atoms with Gasteiger partial charge in [0.1, 0.15) is 11.6 Å². The number of aromatic carboxylic acids is 1. The van der Waals surface area contributed by atoms with E-state index in [4.69, 9.17) is 5.11 Å². The molecule has 0 aliphatic carbocycles. The third-order valence-electron chi connectivity index (χ3n) is 3.85. The molecule has 0 aliphatic heterocycles. The number of benzene rings is 2. The Hall–Kier alpha value is -3.19. The number of hydrogen-bond donors (Lipinski definition) is 1. The van der Waals surface area contributed by atoms with Gasteiger partial charge in [-0.1, -0.05) is 57.2 Å². The first kappa shape index (κ1) is 18.2. The number of carbonyl (C=O) groups excluding carboxylic acids is 1. The molecule has 1 N–H and O–H groups in total. The van der Waals surface area contributed by atoms with Crippen molar-refractivity contribution in [3.8, 4) is 6.07 Å². The summed E-state index contributed by atoms with van der Waals surface area (Å²) in [4.78, 5) is 23.4. The molecule has 0 aromatic heterocycles. The Morgan fingerprint density at radius 1 is 0.960 bits per heavy atom. The maximum absolute atomic E-state index is 12.5. The van der Waals surface area contributed by atoms with Crippen LogP contribution >= 0.6 is 0 Å². The van der Waals surface area contributed by atoms with Crippen molar-refractivity contribution in [2.24, 2.45) is 0 Å². The summed E-state index contributed by atoms with van der Waals surface area (Å²) in [5.41, 5.74) is 2.30. The second-order valence-corrected chi connectivity index (χ2v) is 6.75. The van der Waals surface area contributed by atoms with Crippen LogP contribution in [0.15, 0.2) is 54.1 Å². The van der Waals surface area contributed by atoms with Gasteiger partial charge in [0.2, 0.25) is 5.78 Å². The Morgan fingerprint density at radius 3 is 1.92 bits per heavy atom. The molecule has 0 heterocycles. The topological polar surface area (TPSA) is 78.2 Å². The van der Waals surface area contributed by atoms with Gasteiger partial charge in [0.05, 0.1) is 5.56 Å². The fourth-order valence-corrected chi connectivity index (χ4v) is 2.31. The van der Waals surface area contributed by atoms with Crippen molar-refractivity contribution in [3.63, 3.8) is 0 Å². The summed E-state index contributed by atoms with van der Waals surface area (Å²) in [6.45, 7) is 6.27. The molecule has 0 bridgehead atoms. The number of allylic oxidation sites excluding steroid dienone is 1. The molecule has 0 spiro atoms. The summed E-state index contributed by atoms with van der Waals surface area (Å²) in [6, 6.07) is 15.2. The molecule has 0 radical (unpaired) electrons. The van der Waals surface area contributed by atoms with Crippen LogP contribution in [-0.4, -0.2) is 16.9 Å². The van der Waals surface area contributed by atoms with Gasteiger partial charge in [-0.25, -0.2) is 4.79 Å². The lowest BCUT2D eigenvalue weighted by molar-refractivity contribution is 0.0696. The number of Topliss-reactive ketones (excluding diaryl/α,β-unsaturated/α-hetero) is 1. The minimum Gasteiger partial charge on any atom is -0.478 e. The van der Waals surface area contributed by atoms with E-state index in [1.807, 2.05) is 18.2 Å². The third kappa shape index (κ3) is 4.42. The van der Waals surface area contributed by atoms with Crippen molar-refractivity contribution >= 4 is 17.8 Å². The Labute approximate surface area is 147 Å². The number of carboxylic acids is 1. The van der Waals surface area contributed by atoms with Gasteiger partial charge in [-0.3, -0.25) is 4.79 Å². The maximum atomic E-state index is 12.5. The molecule has 0 saturated carbocycles. The minimum absolute atomic E-state index is 0.00610. The van der Waals surface area contributed by atoms with Crippen LogP contribution in [0.5, 0.6) is 0 Å². The van der Waals surface area contributed by atoms with Gasteiger partial charge < -0.3 is 5.11 Å². The van der Waals surface area contributed by atoms with Crippen LogP contribution in [-0.2, 0) is 5.41 Å². The summed E-state index contributed by atoms with van der Waals surface area (Å²) < 4.78 is 0. The van der Waals surface area contributed by atoms with Crippen molar-refractivity contribution in [3.05, 3.63) is 76.4 Å². The SMILES string of the molecule is CC(C)(C)c1ccc(C(=O)/C(C#N)=C/c2ccc(C(=O)O)cc2)cc1. The first-order valence-corrected chi connectivity index (χ1v) is 7.83. The highest BCUT2D eigenvalue weighted by molar-refractivity contribution is 6.14. The molecule has 4 nitrogen and oxygen atoms in total. The summed E-state index contributed by atoms with van der Waals surface area (Å²) in [5.74, 6) is -1.38. The highest BCUT2D eigenvalue weighted by atomic mass is 16.4. The van der Waals surface area contributed by atoms with Crippen LogP contribution in [0.2, 0.25) is 0 Å². The molecule has 0 saturated heterocycles. The lowest BCUT2D eigenvalue weighted by Gasteiger charge is -2.18. The van der Waals surface area contributed by atoms with Gasteiger partial charge in [-0.05, 0) is 34.8 Å². The molecule has 4 heteroatoms. The van der Waals surface area contributed by atoms with Crippen molar-refractivity contribution < 1.29 is 14.7 Å². The zero-order valence-electron chi connectivity index (χ0n) is 14.4. The maximum Gasteiger partial charge on any atom is 0.335 e. The van der Waals surface area contributed by atoms with E-state index >= 15 is 0 Å². The molecule has 2 aromatic rings. The van der Waals surface area contributed by atoms with Gasteiger partial charge in [0.15, 0.2) is 0 Å². The van der Waals surface area contributed by atoms with Gasteiger partial charge in [-0.15, -0.1) is 0 Å². The number of ketones is 1. The zero-order chi connectivity index (χ0) is 18.6. The van der Waals surface area contributed by atoms with Crippen LogP contribution in [0.1, 0.15) is 52.6 Å². The standard InChI is InChI=1S/C21H19NO3/c1-21(2,3)18-10-8-15(9-11-18)19(23)17(13-22)12-14-4-6-16(7-5-14)20(24)25/h4-12H,1-3H3,(H,24,25)/b17-12+. The van der Waals surface area contributed by atoms with E-state index in [0.29, 0.717) is 11.1 Å². The lowest BCUT2D eigenvalue weighted by atomic mass is 9.86. The van der Waals surface area contributed by atoms with E-state index in [9.17, 15) is 14.9 Å².